The summed E-state index contributed by atoms with van der Waals surface area (Å²) in [7, 11) is 0. The van der Waals surface area contributed by atoms with Gasteiger partial charge in [-0.3, -0.25) is 19.6 Å². The standard InChI is InChI=1S/C14H18N4O4/c1-10(5-6-12-4-3-7-22-12)15-14(19)9-17-8-13(18(20)21)11(2)16-17/h3-4,7-8,10H,5-6,9H2,1-2H3,(H,15,19)/t10-/m1/s1. The number of amides is 1. The highest BCUT2D eigenvalue weighted by Gasteiger charge is 2.17. The molecule has 0 fully saturated rings. The fourth-order valence-electron chi connectivity index (χ4n) is 2.12. The van der Waals surface area contributed by atoms with Crippen molar-refractivity contribution >= 4 is 11.6 Å². The lowest BCUT2D eigenvalue weighted by Gasteiger charge is -2.13. The molecule has 8 nitrogen and oxygen atoms in total. The van der Waals surface area contributed by atoms with Gasteiger partial charge in [0.2, 0.25) is 5.91 Å². The summed E-state index contributed by atoms with van der Waals surface area (Å²) in [6, 6.07) is 3.69. The fraction of sp³-hybridized carbons (Fsp3) is 0.429. The highest BCUT2D eigenvalue weighted by Crippen LogP contribution is 2.14. The number of nitrogens with zero attached hydrogens (tertiary/aromatic N) is 3. The third kappa shape index (κ3) is 4.18. The second kappa shape index (κ2) is 6.88. The minimum absolute atomic E-state index is 0.0238. The quantitative estimate of drug-likeness (QED) is 0.621. The molecular formula is C14H18N4O4. The van der Waals surface area contributed by atoms with Gasteiger partial charge >= 0.3 is 5.69 Å². The van der Waals surface area contributed by atoms with Crippen LogP contribution in [0.1, 0.15) is 24.8 Å². The van der Waals surface area contributed by atoms with Gasteiger partial charge in [-0.1, -0.05) is 0 Å². The van der Waals surface area contributed by atoms with E-state index >= 15 is 0 Å². The second-order valence-corrected chi connectivity index (χ2v) is 5.14. The van der Waals surface area contributed by atoms with Crippen LogP contribution in [0, 0.1) is 17.0 Å². The summed E-state index contributed by atoms with van der Waals surface area (Å²) in [5, 5.41) is 17.5. The Morgan fingerprint density at radius 3 is 2.95 bits per heavy atom. The largest absolute Gasteiger partial charge is 0.469 e. The molecule has 0 saturated carbocycles. The van der Waals surface area contributed by atoms with Crippen LogP contribution in [0.4, 0.5) is 5.69 Å². The van der Waals surface area contributed by atoms with Crippen LogP contribution in [-0.2, 0) is 17.8 Å². The number of nitrogens with one attached hydrogen (secondary N) is 1. The average molecular weight is 306 g/mol. The van der Waals surface area contributed by atoms with Gasteiger partial charge < -0.3 is 9.73 Å². The molecule has 0 aliphatic heterocycles. The summed E-state index contributed by atoms with van der Waals surface area (Å²) in [5.41, 5.74) is 0.210. The first-order chi connectivity index (χ1) is 10.5. The van der Waals surface area contributed by atoms with Crippen molar-refractivity contribution in [2.75, 3.05) is 0 Å². The van der Waals surface area contributed by atoms with Crippen molar-refractivity contribution in [2.24, 2.45) is 0 Å². The molecule has 2 aromatic rings. The normalized spacial score (nSPS) is 12.1. The second-order valence-electron chi connectivity index (χ2n) is 5.14. The Labute approximate surface area is 127 Å². The Balaban J connectivity index is 1.82. The molecule has 0 aliphatic rings. The first kappa shape index (κ1) is 15.7. The predicted octanol–water partition coefficient (Wildman–Crippen LogP) is 1.83. The van der Waals surface area contributed by atoms with Gasteiger partial charge in [-0.2, -0.15) is 5.10 Å². The van der Waals surface area contributed by atoms with Gasteiger partial charge in [-0.05, 0) is 32.4 Å². The van der Waals surface area contributed by atoms with E-state index < -0.39 is 4.92 Å². The number of hydrogen-bond acceptors (Lipinski definition) is 5. The highest BCUT2D eigenvalue weighted by molar-refractivity contribution is 5.76. The molecular weight excluding hydrogens is 288 g/mol. The maximum Gasteiger partial charge on any atom is 0.309 e. The third-order valence-corrected chi connectivity index (χ3v) is 3.23. The molecule has 2 rings (SSSR count). The van der Waals surface area contributed by atoms with Crippen LogP contribution in [0.3, 0.4) is 0 Å². The molecule has 2 aromatic heterocycles. The smallest absolute Gasteiger partial charge is 0.309 e. The Morgan fingerprint density at radius 2 is 2.36 bits per heavy atom. The summed E-state index contributed by atoms with van der Waals surface area (Å²) < 4.78 is 6.51. The van der Waals surface area contributed by atoms with E-state index in [1.165, 1.54) is 10.9 Å². The monoisotopic (exact) mass is 306 g/mol. The van der Waals surface area contributed by atoms with Crippen molar-refractivity contribution in [3.8, 4) is 0 Å². The number of carbonyl (C=O) groups is 1. The molecule has 0 unspecified atom stereocenters. The number of aryl methyl sites for hydroxylation is 2. The van der Waals surface area contributed by atoms with Crippen molar-refractivity contribution in [3.63, 3.8) is 0 Å². The van der Waals surface area contributed by atoms with E-state index in [2.05, 4.69) is 10.4 Å². The summed E-state index contributed by atoms with van der Waals surface area (Å²) in [5.74, 6) is 0.642. The molecule has 8 heteroatoms. The fourth-order valence-corrected chi connectivity index (χ4v) is 2.12. The van der Waals surface area contributed by atoms with Crippen LogP contribution in [0.5, 0.6) is 0 Å². The minimum Gasteiger partial charge on any atom is -0.469 e. The summed E-state index contributed by atoms with van der Waals surface area (Å²) in [6.45, 7) is 3.40. The third-order valence-electron chi connectivity index (χ3n) is 3.23. The molecule has 0 spiro atoms. The Morgan fingerprint density at radius 1 is 1.59 bits per heavy atom. The zero-order valence-electron chi connectivity index (χ0n) is 12.5. The maximum atomic E-state index is 11.9. The van der Waals surface area contributed by atoms with Crippen LogP contribution >= 0.6 is 0 Å². The Hall–Kier alpha value is -2.64. The summed E-state index contributed by atoms with van der Waals surface area (Å²) in [4.78, 5) is 22.1. The van der Waals surface area contributed by atoms with Gasteiger partial charge in [0, 0.05) is 12.5 Å². The first-order valence-electron chi connectivity index (χ1n) is 6.96. The highest BCUT2D eigenvalue weighted by atomic mass is 16.6. The molecule has 1 atom stereocenters. The van der Waals surface area contributed by atoms with Crippen molar-refractivity contribution in [2.45, 2.75) is 39.3 Å². The maximum absolute atomic E-state index is 11.9. The van der Waals surface area contributed by atoms with E-state index in [0.717, 1.165) is 18.6 Å². The molecule has 1 N–H and O–H groups in total. The van der Waals surface area contributed by atoms with Crippen LogP contribution in [0.2, 0.25) is 0 Å². The lowest BCUT2D eigenvalue weighted by atomic mass is 10.1. The van der Waals surface area contributed by atoms with Gasteiger partial charge in [-0.25, -0.2) is 0 Å². The van der Waals surface area contributed by atoms with E-state index in [4.69, 9.17) is 4.42 Å². The van der Waals surface area contributed by atoms with Crippen LogP contribution < -0.4 is 5.32 Å². The average Bonchev–Trinajstić information content (AvgIpc) is 3.05. The van der Waals surface area contributed by atoms with E-state index in [0.29, 0.717) is 5.69 Å². The van der Waals surface area contributed by atoms with Crippen molar-refractivity contribution < 1.29 is 14.1 Å². The van der Waals surface area contributed by atoms with Gasteiger partial charge in [0.1, 0.15) is 24.2 Å². The molecule has 2 heterocycles. The topological polar surface area (TPSA) is 103 Å². The van der Waals surface area contributed by atoms with E-state index in [1.807, 2.05) is 19.1 Å². The minimum atomic E-state index is -0.511. The van der Waals surface area contributed by atoms with Crippen LogP contribution in [0.15, 0.2) is 29.0 Å². The summed E-state index contributed by atoms with van der Waals surface area (Å²) >= 11 is 0. The number of furan rings is 1. The first-order valence-corrected chi connectivity index (χ1v) is 6.96. The molecule has 1 amide bonds. The number of aromatic nitrogens is 2. The number of carbonyl (C=O) groups excluding carboxylic acids is 1. The Kier molecular flexibility index (Phi) is 4.92. The lowest BCUT2D eigenvalue weighted by Crippen LogP contribution is -2.35. The lowest BCUT2D eigenvalue weighted by molar-refractivity contribution is -0.385. The van der Waals surface area contributed by atoms with Gasteiger partial charge in [-0.15, -0.1) is 0 Å². The molecule has 0 saturated heterocycles. The molecule has 22 heavy (non-hydrogen) atoms. The molecule has 0 aliphatic carbocycles. The molecule has 118 valence electrons. The molecule has 0 radical (unpaired) electrons. The number of rotatable bonds is 7. The van der Waals surface area contributed by atoms with Crippen molar-refractivity contribution in [3.05, 3.63) is 46.2 Å². The SMILES string of the molecule is Cc1nn(CC(=O)N[C@H](C)CCc2ccco2)cc1[N+](=O)[O-]. The van der Waals surface area contributed by atoms with Gasteiger partial charge in [0.25, 0.3) is 0 Å². The van der Waals surface area contributed by atoms with Crippen LogP contribution in [-0.4, -0.2) is 26.7 Å². The zero-order valence-corrected chi connectivity index (χ0v) is 12.5. The van der Waals surface area contributed by atoms with Crippen molar-refractivity contribution in [1.29, 1.82) is 0 Å². The van der Waals surface area contributed by atoms with E-state index in [-0.39, 0.29) is 24.2 Å². The van der Waals surface area contributed by atoms with Crippen LogP contribution in [0.25, 0.3) is 0 Å². The van der Waals surface area contributed by atoms with Gasteiger partial charge in [0.05, 0.1) is 11.2 Å². The molecule has 0 aromatic carbocycles. The van der Waals surface area contributed by atoms with E-state index in [1.54, 1.807) is 13.2 Å². The number of hydrogen-bond donors (Lipinski definition) is 1. The number of nitro groups is 1. The Bertz CT molecular complexity index is 648. The predicted molar refractivity (Wildman–Crippen MR) is 78.3 cm³/mol. The summed E-state index contributed by atoms with van der Waals surface area (Å²) in [6.07, 6.45) is 4.37. The molecule has 0 bridgehead atoms. The van der Waals surface area contributed by atoms with Crippen molar-refractivity contribution in [1.82, 2.24) is 15.1 Å². The van der Waals surface area contributed by atoms with E-state index in [9.17, 15) is 14.9 Å². The van der Waals surface area contributed by atoms with Gasteiger partial charge in [0.15, 0.2) is 0 Å². The zero-order chi connectivity index (χ0) is 16.1.